The first kappa shape index (κ1) is 24.0. The van der Waals surface area contributed by atoms with E-state index >= 15 is 0 Å². The number of aryl methyl sites for hydroxylation is 1. The normalized spacial score (nSPS) is 17.6. The van der Waals surface area contributed by atoms with Crippen molar-refractivity contribution in [3.63, 3.8) is 0 Å². The van der Waals surface area contributed by atoms with Gasteiger partial charge in [0.1, 0.15) is 22.5 Å². The zero-order valence-corrected chi connectivity index (χ0v) is 20.2. The van der Waals surface area contributed by atoms with Crippen LogP contribution in [0.2, 0.25) is 0 Å². The van der Waals surface area contributed by atoms with Gasteiger partial charge in [0, 0.05) is 0 Å². The van der Waals surface area contributed by atoms with Crippen molar-refractivity contribution in [3.05, 3.63) is 52.2 Å². The minimum absolute atomic E-state index is 0.0126. The molecule has 1 amide bonds. The zero-order valence-electron chi connectivity index (χ0n) is 20.2. The third-order valence-corrected chi connectivity index (χ3v) is 5.77. The molecule has 0 spiro atoms. The molecular formula is C26H31NO7. The molecule has 2 N–H and O–H groups in total. The largest absolute Gasteiger partial charge is 0.508 e. The first-order valence-electron chi connectivity index (χ1n) is 11.3. The summed E-state index contributed by atoms with van der Waals surface area (Å²) >= 11 is 0. The maximum atomic E-state index is 12.8. The average molecular weight is 470 g/mol. The van der Waals surface area contributed by atoms with Crippen LogP contribution in [0.5, 0.6) is 5.75 Å². The van der Waals surface area contributed by atoms with Crippen molar-refractivity contribution in [1.82, 2.24) is 5.32 Å². The van der Waals surface area contributed by atoms with Gasteiger partial charge in [-0.2, -0.15) is 0 Å². The van der Waals surface area contributed by atoms with Crippen LogP contribution in [-0.4, -0.2) is 41.3 Å². The minimum atomic E-state index is -0.769. The number of alkyl carbamates (subject to hydrolysis) is 1. The molecule has 3 aromatic rings. The highest BCUT2D eigenvalue weighted by atomic mass is 16.7. The minimum Gasteiger partial charge on any atom is -0.508 e. The zero-order chi connectivity index (χ0) is 24.7. The molecule has 34 heavy (non-hydrogen) atoms. The number of phenolic OH excluding ortho intramolecular Hbond substituents is 1. The average Bonchev–Trinajstić information content (AvgIpc) is 2.74. The summed E-state index contributed by atoms with van der Waals surface area (Å²) in [4.78, 5) is 25.4. The number of rotatable bonds is 4. The Morgan fingerprint density at radius 3 is 2.44 bits per heavy atom. The molecule has 0 radical (unpaired) electrons. The predicted molar refractivity (Wildman–Crippen MR) is 128 cm³/mol. The number of fused-ring (bicyclic) bond motifs is 2. The van der Waals surface area contributed by atoms with Crippen molar-refractivity contribution in [2.24, 2.45) is 0 Å². The number of benzene rings is 2. The lowest BCUT2D eigenvalue weighted by molar-refractivity contribution is -0.271. The summed E-state index contributed by atoms with van der Waals surface area (Å²) in [5.41, 5.74) is 0.214. The van der Waals surface area contributed by atoms with E-state index in [9.17, 15) is 14.7 Å². The third kappa shape index (κ3) is 5.34. The van der Waals surface area contributed by atoms with Crippen LogP contribution in [0, 0.1) is 0 Å². The second-order valence-corrected chi connectivity index (χ2v) is 10.3. The molecule has 8 nitrogen and oxygen atoms in total. The maximum absolute atomic E-state index is 12.8. The predicted octanol–water partition coefficient (Wildman–Crippen LogP) is 4.63. The number of aromatic hydroxyl groups is 1. The van der Waals surface area contributed by atoms with Crippen LogP contribution in [0.4, 0.5) is 4.79 Å². The highest BCUT2D eigenvalue weighted by molar-refractivity contribution is 5.90. The van der Waals surface area contributed by atoms with Gasteiger partial charge >= 0.3 is 6.09 Å². The van der Waals surface area contributed by atoms with Gasteiger partial charge in [0.15, 0.2) is 5.79 Å². The Balaban J connectivity index is 1.58. The van der Waals surface area contributed by atoms with E-state index < -0.39 is 23.0 Å². The van der Waals surface area contributed by atoms with Crippen LogP contribution in [0.1, 0.15) is 46.6 Å². The van der Waals surface area contributed by atoms with Gasteiger partial charge in [-0.15, -0.1) is 0 Å². The van der Waals surface area contributed by atoms with Crippen LogP contribution >= 0.6 is 0 Å². The molecule has 0 unspecified atom stereocenters. The topological polar surface area (TPSA) is 107 Å². The fourth-order valence-corrected chi connectivity index (χ4v) is 3.93. The summed E-state index contributed by atoms with van der Waals surface area (Å²) in [5, 5.41) is 13.4. The molecule has 0 saturated carbocycles. The number of amides is 1. The highest BCUT2D eigenvalue weighted by Gasteiger charge is 2.42. The first-order chi connectivity index (χ1) is 15.8. The number of ether oxygens (including phenoxy) is 3. The van der Waals surface area contributed by atoms with Gasteiger partial charge in [-0.25, -0.2) is 4.79 Å². The highest BCUT2D eigenvalue weighted by Crippen LogP contribution is 2.29. The molecule has 182 valence electrons. The van der Waals surface area contributed by atoms with E-state index in [1.807, 2.05) is 46.8 Å². The quantitative estimate of drug-likeness (QED) is 0.537. The summed E-state index contributed by atoms with van der Waals surface area (Å²) in [5.74, 6) is -0.723. The molecule has 0 atom stereocenters. The van der Waals surface area contributed by atoms with Crippen LogP contribution in [0.3, 0.4) is 0 Å². The van der Waals surface area contributed by atoms with E-state index in [-0.39, 0.29) is 24.4 Å². The Bertz CT molecular complexity index is 1280. The summed E-state index contributed by atoms with van der Waals surface area (Å²) < 4.78 is 23.1. The second-order valence-electron chi connectivity index (χ2n) is 10.3. The van der Waals surface area contributed by atoms with Crippen molar-refractivity contribution in [2.45, 2.75) is 64.4 Å². The van der Waals surface area contributed by atoms with Crippen molar-refractivity contribution in [2.75, 3.05) is 13.2 Å². The molecule has 1 aliphatic heterocycles. The Morgan fingerprint density at radius 2 is 1.76 bits per heavy atom. The molecule has 2 heterocycles. The van der Waals surface area contributed by atoms with Crippen LogP contribution in [-0.2, 0) is 20.6 Å². The Kier molecular flexibility index (Phi) is 6.08. The summed E-state index contributed by atoms with van der Waals surface area (Å²) in [6, 6.07) is 9.90. The maximum Gasteiger partial charge on any atom is 0.408 e. The Hall–Kier alpha value is -3.10. The molecule has 1 aromatic heterocycles. The van der Waals surface area contributed by atoms with Gasteiger partial charge in [-0.1, -0.05) is 6.07 Å². The van der Waals surface area contributed by atoms with Crippen LogP contribution < -0.4 is 10.7 Å². The van der Waals surface area contributed by atoms with Gasteiger partial charge in [0.25, 0.3) is 0 Å². The van der Waals surface area contributed by atoms with E-state index in [0.717, 1.165) is 5.56 Å². The summed E-state index contributed by atoms with van der Waals surface area (Å²) in [7, 11) is 0. The molecule has 1 fully saturated rings. The van der Waals surface area contributed by atoms with Crippen LogP contribution in [0.15, 0.2) is 45.6 Å². The third-order valence-electron chi connectivity index (χ3n) is 5.77. The molecule has 1 saturated heterocycles. The fraction of sp³-hybridized carbons (Fsp3) is 0.462. The van der Waals surface area contributed by atoms with Crippen molar-refractivity contribution < 1.29 is 28.5 Å². The first-order valence-corrected chi connectivity index (χ1v) is 11.3. The van der Waals surface area contributed by atoms with Crippen LogP contribution in [0.25, 0.3) is 21.9 Å². The smallest absolute Gasteiger partial charge is 0.408 e. The van der Waals surface area contributed by atoms with Gasteiger partial charge in [0.05, 0.1) is 29.5 Å². The number of hydrogen-bond donors (Lipinski definition) is 2. The van der Waals surface area contributed by atoms with Gasteiger partial charge in [-0.05, 0) is 83.4 Å². The number of nitrogens with one attached hydrogen (secondary N) is 1. The molecule has 0 bridgehead atoms. The standard InChI is InChI=1S/C26H31NO7/c1-24(2,3)34-23(30)27-26(14-31-25(4,5)32-15-26)11-10-16-6-8-18-21(12-16)33-20-9-7-17(28)13-19(20)22(18)29/h6-9,12-13,28H,10-11,14-15H2,1-5H3,(H,27,30). The SMILES string of the molecule is CC(C)(C)OC(=O)NC1(CCc2ccc3c(=O)c4cc(O)ccc4oc3c2)COC(C)(C)OC1. The Labute approximate surface area is 197 Å². The molecular weight excluding hydrogens is 438 g/mol. The van der Waals surface area contributed by atoms with Gasteiger partial charge in [-0.3, -0.25) is 4.79 Å². The fourth-order valence-electron chi connectivity index (χ4n) is 3.93. The van der Waals surface area contributed by atoms with Gasteiger partial charge < -0.3 is 29.1 Å². The van der Waals surface area contributed by atoms with Crippen molar-refractivity contribution in [3.8, 4) is 5.75 Å². The summed E-state index contributed by atoms with van der Waals surface area (Å²) in [6.45, 7) is 9.64. The Morgan fingerprint density at radius 1 is 1.06 bits per heavy atom. The van der Waals surface area contributed by atoms with Crippen molar-refractivity contribution in [1.29, 1.82) is 0 Å². The molecule has 2 aromatic carbocycles. The lowest BCUT2D eigenvalue weighted by atomic mass is 9.91. The van der Waals surface area contributed by atoms with E-state index in [1.54, 1.807) is 12.1 Å². The van der Waals surface area contributed by atoms with E-state index in [0.29, 0.717) is 34.8 Å². The van der Waals surface area contributed by atoms with E-state index in [2.05, 4.69) is 5.32 Å². The monoisotopic (exact) mass is 469 g/mol. The van der Waals surface area contributed by atoms with E-state index in [1.165, 1.54) is 12.1 Å². The molecule has 0 aliphatic carbocycles. The lowest BCUT2D eigenvalue weighted by Crippen LogP contribution is -2.61. The molecule has 8 heteroatoms. The second kappa shape index (κ2) is 8.60. The van der Waals surface area contributed by atoms with Crippen molar-refractivity contribution >= 4 is 28.0 Å². The van der Waals surface area contributed by atoms with E-state index in [4.69, 9.17) is 18.6 Å². The number of phenols is 1. The number of hydrogen-bond acceptors (Lipinski definition) is 7. The molecule has 4 rings (SSSR count). The number of carbonyl (C=O) groups is 1. The van der Waals surface area contributed by atoms with Gasteiger partial charge in [0.2, 0.25) is 5.43 Å². The number of carbonyl (C=O) groups excluding carboxylic acids is 1. The lowest BCUT2D eigenvalue weighted by Gasteiger charge is -2.44. The molecule has 1 aliphatic rings. The summed E-state index contributed by atoms with van der Waals surface area (Å²) in [6.07, 6.45) is 0.578.